The van der Waals surface area contributed by atoms with Crippen molar-refractivity contribution in [1.29, 1.82) is 0 Å². The van der Waals surface area contributed by atoms with Gasteiger partial charge in [-0.2, -0.15) is 0 Å². The van der Waals surface area contributed by atoms with Gasteiger partial charge in [-0.05, 0) is 35.7 Å². The number of hydrogen-bond donors (Lipinski definition) is 1. The highest BCUT2D eigenvalue weighted by molar-refractivity contribution is 5.82. The van der Waals surface area contributed by atoms with Crippen LogP contribution >= 0.6 is 0 Å². The highest BCUT2D eigenvalue weighted by Crippen LogP contribution is 2.48. The summed E-state index contributed by atoms with van der Waals surface area (Å²) in [7, 11) is 0. The Bertz CT molecular complexity index is 1180. The number of halogens is 3. The summed E-state index contributed by atoms with van der Waals surface area (Å²) in [6, 6.07) is 11.6. The normalized spacial score (nSPS) is 28.1. The molecule has 0 aliphatic carbocycles. The van der Waals surface area contributed by atoms with Gasteiger partial charge in [0.15, 0.2) is 17.5 Å². The lowest BCUT2D eigenvalue weighted by atomic mass is 9.71. The molecule has 2 aromatic carbocycles. The van der Waals surface area contributed by atoms with Gasteiger partial charge in [0, 0.05) is 35.9 Å². The Morgan fingerprint density at radius 1 is 1.12 bits per heavy atom. The van der Waals surface area contributed by atoms with Gasteiger partial charge in [-0.15, -0.1) is 6.58 Å². The van der Waals surface area contributed by atoms with Crippen LogP contribution in [0.1, 0.15) is 30.1 Å². The molecule has 3 aromatic rings. The zero-order valence-corrected chi connectivity index (χ0v) is 17.7. The van der Waals surface area contributed by atoms with E-state index in [1.165, 1.54) is 6.07 Å². The summed E-state index contributed by atoms with van der Waals surface area (Å²) in [6.07, 6.45) is 4.55. The number of aliphatic hydroxyl groups is 1. The van der Waals surface area contributed by atoms with Crippen molar-refractivity contribution in [2.24, 2.45) is 11.8 Å². The minimum absolute atomic E-state index is 0.142. The van der Waals surface area contributed by atoms with Crippen LogP contribution < -0.4 is 0 Å². The SMILES string of the molecule is C=CC1C[N+]2(Cc3ccc(F)c(F)c3F)CCC1CC2[C@H](O)c1ccnc2ccccc12. The predicted octanol–water partition coefficient (Wildman–Crippen LogP) is 5.30. The van der Waals surface area contributed by atoms with Crippen molar-refractivity contribution in [2.75, 3.05) is 13.1 Å². The second kappa shape index (κ2) is 8.01. The maximum absolute atomic E-state index is 14.7. The van der Waals surface area contributed by atoms with Crippen LogP contribution in [0.5, 0.6) is 0 Å². The molecule has 0 radical (unpaired) electrons. The second-order valence-corrected chi connectivity index (χ2v) is 9.23. The zero-order chi connectivity index (χ0) is 22.5. The molecule has 0 saturated carbocycles. The number of piperidine rings is 3. The van der Waals surface area contributed by atoms with Gasteiger partial charge in [0.1, 0.15) is 18.7 Å². The van der Waals surface area contributed by atoms with E-state index in [2.05, 4.69) is 11.6 Å². The van der Waals surface area contributed by atoms with Crippen molar-refractivity contribution in [2.45, 2.75) is 31.5 Å². The Hall–Kier alpha value is -2.70. The van der Waals surface area contributed by atoms with Crippen LogP contribution in [0.4, 0.5) is 13.2 Å². The Morgan fingerprint density at radius 2 is 1.94 bits per heavy atom. The number of quaternary nitrogens is 1. The van der Waals surface area contributed by atoms with E-state index in [1.807, 2.05) is 36.4 Å². The fourth-order valence-corrected chi connectivity index (χ4v) is 5.99. The monoisotopic (exact) mass is 439 g/mol. The third kappa shape index (κ3) is 3.33. The lowest BCUT2D eigenvalue weighted by Gasteiger charge is -2.58. The van der Waals surface area contributed by atoms with Crippen molar-refractivity contribution in [3.63, 3.8) is 0 Å². The molecule has 1 aromatic heterocycles. The smallest absolute Gasteiger partial charge is 0.194 e. The average molecular weight is 440 g/mol. The molecule has 166 valence electrons. The predicted molar refractivity (Wildman–Crippen MR) is 117 cm³/mol. The first-order valence-electron chi connectivity index (χ1n) is 11.1. The average Bonchev–Trinajstić information content (AvgIpc) is 2.83. The molecular weight excluding hydrogens is 413 g/mol. The first-order valence-corrected chi connectivity index (χ1v) is 11.1. The van der Waals surface area contributed by atoms with Crippen LogP contribution in [0.3, 0.4) is 0 Å². The molecule has 6 rings (SSSR count). The van der Waals surface area contributed by atoms with Crippen molar-refractivity contribution in [3.8, 4) is 0 Å². The van der Waals surface area contributed by atoms with Crippen LogP contribution in [0, 0.1) is 29.3 Å². The van der Waals surface area contributed by atoms with E-state index in [-0.39, 0.29) is 24.1 Å². The number of para-hydroxylation sites is 1. The Kier molecular flexibility index (Phi) is 5.30. The molecule has 3 aliphatic rings. The van der Waals surface area contributed by atoms with Gasteiger partial charge in [0.2, 0.25) is 0 Å². The third-order valence-corrected chi connectivity index (χ3v) is 7.64. The van der Waals surface area contributed by atoms with Crippen LogP contribution in [0.15, 0.2) is 61.3 Å². The Balaban J connectivity index is 1.57. The van der Waals surface area contributed by atoms with Crippen LogP contribution in [0.2, 0.25) is 0 Å². The highest BCUT2D eigenvalue weighted by atomic mass is 19.2. The van der Waals surface area contributed by atoms with E-state index < -0.39 is 23.6 Å². The van der Waals surface area contributed by atoms with Crippen molar-refractivity contribution < 1.29 is 22.8 Å². The molecule has 32 heavy (non-hydrogen) atoms. The molecule has 3 fully saturated rings. The standard InChI is InChI=1S/C26H26F3N2O/c1-2-16-14-31(15-18-7-8-21(27)25(29)24(18)28)12-10-17(16)13-23(31)26(32)20-9-11-30-22-6-4-3-5-19(20)22/h2-9,11,16-17,23,26,32H,1,10,12-15H2/q+1/t16?,17?,23?,26-,31?/m1/s1. The summed E-state index contributed by atoms with van der Waals surface area (Å²) in [5.74, 6) is -3.12. The quantitative estimate of drug-likeness (QED) is 0.333. The fourth-order valence-electron chi connectivity index (χ4n) is 5.99. The molecular formula is C26H26F3N2O+. The molecule has 3 aliphatic heterocycles. The van der Waals surface area contributed by atoms with E-state index in [9.17, 15) is 18.3 Å². The number of pyridine rings is 1. The summed E-state index contributed by atoms with van der Waals surface area (Å²) in [6.45, 7) is 5.63. The molecule has 0 spiro atoms. The molecule has 5 atom stereocenters. The summed E-state index contributed by atoms with van der Waals surface area (Å²) in [5.41, 5.74) is 1.75. The third-order valence-electron chi connectivity index (χ3n) is 7.64. The van der Waals surface area contributed by atoms with Crippen molar-refractivity contribution in [3.05, 3.63) is 89.9 Å². The number of aromatic nitrogens is 1. The summed E-state index contributed by atoms with van der Waals surface area (Å²) < 4.78 is 42.6. The van der Waals surface area contributed by atoms with Crippen molar-refractivity contribution >= 4 is 10.9 Å². The van der Waals surface area contributed by atoms with E-state index in [1.54, 1.807) is 6.20 Å². The van der Waals surface area contributed by atoms with Gasteiger partial charge in [-0.1, -0.05) is 24.3 Å². The largest absolute Gasteiger partial charge is 0.382 e. The summed E-state index contributed by atoms with van der Waals surface area (Å²) >= 11 is 0. The molecule has 4 unspecified atom stereocenters. The lowest BCUT2D eigenvalue weighted by molar-refractivity contribution is -0.985. The molecule has 3 nitrogen and oxygen atoms in total. The van der Waals surface area contributed by atoms with E-state index in [0.717, 1.165) is 41.9 Å². The lowest BCUT2D eigenvalue weighted by Crippen LogP contribution is -2.67. The maximum Gasteiger partial charge on any atom is 0.194 e. The molecule has 3 saturated heterocycles. The minimum atomic E-state index is -1.44. The second-order valence-electron chi connectivity index (χ2n) is 9.23. The van der Waals surface area contributed by atoms with Crippen LogP contribution in [0.25, 0.3) is 10.9 Å². The minimum Gasteiger partial charge on any atom is -0.382 e. The number of rotatable bonds is 5. The molecule has 0 amide bonds. The van der Waals surface area contributed by atoms with E-state index >= 15 is 0 Å². The number of nitrogens with zero attached hydrogens (tertiary/aromatic N) is 2. The number of hydrogen-bond acceptors (Lipinski definition) is 2. The van der Waals surface area contributed by atoms with Gasteiger partial charge >= 0.3 is 0 Å². The first kappa shape index (κ1) is 21.2. The maximum atomic E-state index is 14.7. The van der Waals surface area contributed by atoms with Crippen LogP contribution in [-0.2, 0) is 6.54 Å². The van der Waals surface area contributed by atoms with Gasteiger partial charge in [-0.3, -0.25) is 4.98 Å². The van der Waals surface area contributed by atoms with Gasteiger partial charge < -0.3 is 9.59 Å². The van der Waals surface area contributed by atoms with E-state index in [0.29, 0.717) is 16.9 Å². The van der Waals surface area contributed by atoms with Gasteiger partial charge in [-0.25, -0.2) is 13.2 Å². The molecule has 1 N–H and O–H groups in total. The number of benzene rings is 2. The zero-order valence-electron chi connectivity index (χ0n) is 17.7. The fraction of sp³-hybridized carbons (Fsp3) is 0.346. The number of fused-ring (bicyclic) bond motifs is 4. The molecule has 6 heteroatoms. The molecule has 2 bridgehead atoms. The van der Waals surface area contributed by atoms with Gasteiger partial charge in [0.05, 0.1) is 18.6 Å². The molecule has 4 heterocycles. The topological polar surface area (TPSA) is 33.1 Å². The first-order chi connectivity index (χ1) is 15.4. The van der Waals surface area contributed by atoms with Crippen molar-refractivity contribution in [1.82, 2.24) is 4.98 Å². The van der Waals surface area contributed by atoms with Crippen LogP contribution in [-0.4, -0.2) is 33.7 Å². The van der Waals surface area contributed by atoms with Gasteiger partial charge in [0.25, 0.3) is 0 Å². The summed E-state index contributed by atoms with van der Waals surface area (Å²) in [5, 5.41) is 12.5. The van der Waals surface area contributed by atoms with E-state index in [4.69, 9.17) is 0 Å². The Morgan fingerprint density at radius 3 is 2.75 bits per heavy atom. The highest BCUT2D eigenvalue weighted by Gasteiger charge is 2.54. The number of aliphatic hydroxyl groups excluding tert-OH is 1. The Labute approximate surface area is 185 Å². The summed E-state index contributed by atoms with van der Waals surface area (Å²) in [4.78, 5) is 4.40.